The summed E-state index contributed by atoms with van der Waals surface area (Å²) in [6, 6.07) is 18.2. The third-order valence-corrected chi connectivity index (χ3v) is 6.55. The second kappa shape index (κ2) is 10.5. The van der Waals surface area contributed by atoms with E-state index in [0.717, 1.165) is 27.9 Å². The molecule has 4 N–H and O–H groups in total. The average Bonchev–Trinajstić information content (AvgIpc) is 3.47. The molecule has 0 aliphatic heterocycles. The van der Waals surface area contributed by atoms with Crippen LogP contribution in [0.5, 0.6) is 0 Å². The fourth-order valence-electron chi connectivity index (χ4n) is 4.37. The van der Waals surface area contributed by atoms with Gasteiger partial charge in [0.05, 0.1) is 5.92 Å². The van der Waals surface area contributed by atoms with Crippen molar-refractivity contribution in [2.45, 2.75) is 38.3 Å². The van der Waals surface area contributed by atoms with Gasteiger partial charge in [-0.3, -0.25) is 9.59 Å². The first-order valence-corrected chi connectivity index (χ1v) is 11.6. The molecule has 0 spiro atoms. The van der Waals surface area contributed by atoms with E-state index in [1.54, 1.807) is 19.2 Å². The zero-order valence-corrected chi connectivity index (χ0v) is 19.7. The number of amides is 2. The van der Waals surface area contributed by atoms with Crippen molar-refractivity contribution in [2.75, 3.05) is 6.61 Å². The molecule has 4 rings (SSSR count). The number of alkyl carbamates (subject to hydrolysis) is 1. The lowest BCUT2D eigenvalue weighted by Crippen LogP contribution is -2.52. The number of carbonyl (C=O) groups is 3. The van der Waals surface area contributed by atoms with Gasteiger partial charge in [-0.25, -0.2) is 4.79 Å². The molecule has 1 aliphatic rings. The van der Waals surface area contributed by atoms with Crippen LogP contribution in [0.4, 0.5) is 4.79 Å². The quantitative estimate of drug-likeness (QED) is 0.376. The van der Waals surface area contributed by atoms with Crippen molar-refractivity contribution in [1.82, 2.24) is 15.6 Å². The Morgan fingerprint density at radius 2 is 1.57 bits per heavy atom. The normalized spacial score (nSPS) is 14.8. The summed E-state index contributed by atoms with van der Waals surface area (Å²) in [6.45, 7) is 3.27. The van der Waals surface area contributed by atoms with Crippen molar-refractivity contribution in [3.05, 3.63) is 83.7 Å². The van der Waals surface area contributed by atoms with Crippen LogP contribution in [0, 0.1) is 5.92 Å². The standard InChI is InChI=1S/C27H29N3O5/c1-16(26(32)33)17(2)29-25(31)24(14-18-8-7-13-28-18)30-27(34)35-15-23-21-11-5-3-9-19(21)20-10-4-6-12-22(20)23/h3-13,16-17,23-24,28H,14-15H2,1-2H3,(H,29,31)(H,30,34)(H,32,33). The van der Waals surface area contributed by atoms with Crippen LogP contribution in [0.25, 0.3) is 11.1 Å². The highest BCUT2D eigenvalue weighted by atomic mass is 16.5. The molecule has 0 radical (unpaired) electrons. The molecule has 0 fully saturated rings. The number of H-pyrrole nitrogens is 1. The zero-order chi connectivity index (χ0) is 24.9. The number of nitrogens with one attached hydrogen (secondary N) is 3. The fraction of sp³-hybridized carbons (Fsp3) is 0.296. The third-order valence-electron chi connectivity index (χ3n) is 6.55. The van der Waals surface area contributed by atoms with Crippen molar-refractivity contribution in [2.24, 2.45) is 5.92 Å². The van der Waals surface area contributed by atoms with Crippen LogP contribution in [0.1, 0.15) is 36.6 Å². The molecule has 8 heteroatoms. The van der Waals surface area contributed by atoms with E-state index in [2.05, 4.69) is 27.8 Å². The van der Waals surface area contributed by atoms with E-state index in [1.807, 2.05) is 42.5 Å². The van der Waals surface area contributed by atoms with Crippen LogP contribution in [0.2, 0.25) is 0 Å². The largest absolute Gasteiger partial charge is 0.481 e. The van der Waals surface area contributed by atoms with Gasteiger partial charge >= 0.3 is 12.1 Å². The number of aromatic nitrogens is 1. The summed E-state index contributed by atoms with van der Waals surface area (Å²) in [7, 11) is 0. The van der Waals surface area contributed by atoms with Gasteiger partial charge in [0.25, 0.3) is 0 Å². The lowest BCUT2D eigenvalue weighted by molar-refractivity contribution is -0.142. The number of benzene rings is 2. The first kappa shape index (κ1) is 24.1. The summed E-state index contributed by atoms with van der Waals surface area (Å²) in [5, 5.41) is 14.6. The Bertz CT molecular complexity index is 1160. The maximum Gasteiger partial charge on any atom is 0.407 e. The number of fused-ring (bicyclic) bond motifs is 3. The molecule has 2 aromatic carbocycles. The number of aromatic amines is 1. The molecular formula is C27H29N3O5. The molecule has 1 heterocycles. The van der Waals surface area contributed by atoms with Crippen molar-refractivity contribution >= 4 is 18.0 Å². The van der Waals surface area contributed by atoms with Crippen LogP contribution >= 0.6 is 0 Å². The Morgan fingerprint density at radius 1 is 0.943 bits per heavy atom. The monoisotopic (exact) mass is 475 g/mol. The first-order chi connectivity index (χ1) is 16.8. The number of hydrogen-bond acceptors (Lipinski definition) is 4. The SMILES string of the molecule is CC(NC(=O)C(Cc1ccc[nH]1)NC(=O)OCC1c2ccccc2-c2ccccc21)C(C)C(=O)O. The third kappa shape index (κ3) is 5.37. The molecule has 2 amide bonds. The number of carboxylic acid groups (broad SMARTS) is 1. The minimum atomic E-state index is -1.01. The molecule has 0 saturated carbocycles. The van der Waals surface area contributed by atoms with E-state index >= 15 is 0 Å². The van der Waals surface area contributed by atoms with Crippen LogP contribution < -0.4 is 10.6 Å². The lowest BCUT2D eigenvalue weighted by atomic mass is 9.98. The number of rotatable bonds is 9. The molecule has 3 aromatic rings. The minimum absolute atomic E-state index is 0.0970. The Balaban J connectivity index is 1.43. The molecular weight excluding hydrogens is 446 g/mol. The average molecular weight is 476 g/mol. The van der Waals surface area contributed by atoms with Gasteiger partial charge in [-0.2, -0.15) is 0 Å². The van der Waals surface area contributed by atoms with Gasteiger partial charge in [-0.05, 0) is 48.2 Å². The van der Waals surface area contributed by atoms with Crippen LogP contribution in [-0.2, 0) is 20.7 Å². The number of ether oxygens (including phenoxy) is 1. The number of hydrogen-bond donors (Lipinski definition) is 4. The highest BCUT2D eigenvalue weighted by Crippen LogP contribution is 2.44. The molecule has 182 valence electrons. The highest BCUT2D eigenvalue weighted by molar-refractivity contribution is 5.86. The molecule has 1 aliphatic carbocycles. The van der Waals surface area contributed by atoms with Gasteiger partial charge in [0.15, 0.2) is 0 Å². The Labute approximate surface area is 203 Å². The van der Waals surface area contributed by atoms with Gasteiger partial charge < -0.3 is 25.5 Å². The molecule has 3 atom stereocenters. The van der Waals surface area contributed by atoms with Crippen molar-refractivity contribution < 1.29 is 24.2 Å². The number of aliphatic carboxylic acids is 1. The van der Waals surface area contributed by atoms with Crippen molar-refractivity contribution in [3.63, 3.8) is 0 Å². The fourth-order valence-corrected chi connectivity index (χ4v) is 4.37. The van der Waals surface area contributed by atoms with E-state index in [-0.39, 0.29) is 18.9 Å². The van der Waals surface area contributed by atoms with E-state index in [9.17, 15) is 19.5 Å². The molecule has 1 aromatic heterocycles. The smallest absolute Gasteiger partial charge is 0.407 e. The summed E-state index contributed by atoms with van der Waals surface area (Å²) in [6.07, 6.45) is 1.22. The lowest BCUT2D eigenvalue weighted by Gasteiger charge is -2.23. The summed E-state index contributed by atoms with van der Waals surface area (Å²) in [4.78, 5) is 40.0. The van der Waals surface area contributed by atoms with Gasteiger partial charge in [0.2, 0.25) is 5.91 Å². The van der Waals surface area contributed by atoms with E-state index in [0.29, 0.717) is 0 Å². The number of carbonyl (C=O) groups excluding carboxylic acids is 2. The summed E-state index contributed by atoms with van der Waals surface area (Å²) in [5.74, 6) is -2.36. The Kier molecular flexibility index (Phi) is 7.19. The first-order valence-electron chi connectivity index (χ1n) is 11.6. The molecule has 0 bridgehead atoms. The van der Waals surface area contributed by atoms with Gasteiger partial charge in [-0.15, -0.1) is 0 Å². The number of carboxylic acids is 1. The van der Waals surface area contributed by atoms with Crippen LogP contribution in [0.3, 0.4) is 0 Å². The summed E-state index contributed by atoms with van der Waals surface area (Å²) >= 11 is 0. The molecule has 3 unspecified atom stereocenters. The molecule has 8 nitrogen and oxygen atoms in total. The topological polar surface area (TPSA) is 121 Å². The summed E-state index contributed by atoms with van der Waals surface area (Å²) < 4.78 is 5.60. The van der Waals surface area contributed by atoms with Gasteiger partial charge in [-0.1, -0.05) is 48.5 Å². The second-order valence-corrected chi connectivity index (χ2v) is 8.85. The van der Waals surface area contributed by atoms with Crippen molar-refractivity contribution in [1.29, 1.82) is 0 Å². The molecule has 0 saturated heterocycles. The maximum absolute atomic E-state index is 12.9. The van der Waals surface area contributed by atoms with Gasteiger partial charge in [0, 0.05) is 30.3 Å². The predicted molar refractivity (Wildman–Crippen MR) is 131 cm³/mol. The van der Waals surface area contributed by atoms with Crippen LogP contribution in [-0.4, -0.2) is 46.8 Å². The molecule has 35 heavy (non-hydrogen) atoms. The minimum Gasteiger partial charge on any atom is -0.481 e. The van der Waals surface area contributed by atoms with Crippen molar-refractivity contribution in [3.8, 4) is 11.1 Å². The van der Waals surface area contributed by atoms with E-state index in [4.69, 9.17) is 4.74 Å². The maximum atomic E-state index is 12.9. The van der Waals surface area contributed by atoms with Gasteiger partial charge in [0.1, 0.15) is 12.6 Å². The summed E-state index contributed by atoms with van der Waals surface area (Å²) in [5.41, 5.74) is 5.20. The second-order valence-electron chi connectivity index (χ2n) is 8.85. The highest BCUT2D eigenvalue weighted by Gasteiger charge is 2.31. The zero-order valence-electron chi connectivity index (χ0n) is 19.7. The van der Waals surface area contributed by atoms with Crippen LogP contribution in [0.15, 0.2) is 66.9 Å². The van der Waals surface area contributed by atoms with E-state index < -0.39 is 36.0 Å². The Hall–Kier alpha value is -4.07. The predicted octanol–water partition coefficient (Wildman–Crippen LogP) is 3.69. The van der Waals surface area contributed by atoms with E-state index in [1.165, 1.54) is 6.92 Å². The Morgan fingerprint density at radius 3 is 2.14 bits per heavy atom.